The topological polar surface area (TPSA) is 560 Å². The lowest BCUT2D eigenvalue weighted by atomic mass is 9.79. The highest BCUT2D eigenvalue weighted by Crippen LogP contribution is 2.53. The molecule has 44 nitrogen and oxygen atoms in total. The summed E-state index contributed by atoms with van der Waals surface area (Å²) in [6.07, 6.45) is 4.16. The zero-order valence-corrected chi connectivity index (χ0v) is 87.0. The highest BCUT2D eigenvalue weighted by atomic mass is 31.2. The molecule has 135 heavy (non-hydrogen) atoms. The van der Waals surface area contributed by atoms with Crippen molar-refractivity contribution in [2.75, 3.05) is 198 Å². The van der Waals surface area contributed by atoms with Crippen LogP contribution in [-0.2, 0) is 172 Å². The smallest absolute Gasteiger partial charge is 0.463 e. The van der Waals surface area contributed by atoms with Gasteiger partial charge in [-0.3, -0.25) is 78.0 Å². The lowest BCUT2D eigenvalue weighted by Gasteiger charge is -2.44. The molecule has 50 heteroatoms. The summed E-state index contributed by atoms with van der Waals surface area (Å²) in [6.45, 7) is 20.8. The molecule has 5 N–H and O–H groups in total. The van der Waals surface area contributed by atoms with Crippen molar-refractivity contribution in [2.45, 2.75) is 255 Å². The van der Waals surface area contributed by atoms with Gasteiger partial charge in [0.15, 0.2) is 18.9 Å². The van der Waals surface area contributed by atoms with Gasteiger partial charge in [0.05, 0.1) is 174 Å². The minimum absolute atomic E-state index is 0.0000367. The Balaban J connectivity index is 1.80. The van der Waals surface area contributed by atoms with E-state index in [2.05, 4.69) is 46.9 Å². The summed E-state index contributed by atoms with van der Waals surface area (Å²) in [5.74, 6) is -1.29. The third kappa shape index (κ3) is 58.0. The first-order valence-electron chi connectivity index (χ1n) is 47.0. The first-order chi connectivity index (χ1) is 64.0. The van der Waals surface area contributed by atoms with E-state index < -0.39 is 120 Å². The van der Waals surface area contributed by atoms with Crippen molar-refractivity contribution in [1.29, 1.82) is 10.5 Å². The Morgan fingerprint density at radius 2 is 0.659 bits per heavy atom. The molecule has 3 aliphatic rings. The molecule has 0 aromatic rings. The number of hydrogen-bond donors (Lipinski definition) is 5. The number of nitriles is 2. The van der Waals surface area contributed by atoms with Gasteiger partial charge in [-0.1, -0.05) is 93.9 Å². The number of rotatable bonds is 83. The van der Waals surface area contributed by atoms with Crippen LogP contribution in [0.15, 0.2) is 0 Å². The van der Waals surface area contributed by atoms with Gasteiger partial charge in [-0.15, -0.1) is 0 Å². The molecule has 22 atom stereocenters. The molecule has 3 aliphatic heterocycles. The van der Waals surface area contributed by atoms with Crippen molar-refractivity contribution < 1.29 is 191 Å². The Kier molecular flexibility index (Phi) is 66.2. The molecular formula is C85H159N3O41P6. The highest BCUT2D eigenvalue weighted by Gasteiger charge is 2.46. The van der Waals surface area contributed by atoms with Gasteiger partial charge in [0, 0.05) is 105 Å². The van der Waals surface area contributed by atoms with E-state index >= 15 is 0 Å². The van der Waals surface area contributed by atoms with Crippen LogP contribution in [0.1, 0.15) is 212 Å². The number of phosphoric acid groups is 5. The number of phosphoric ester groups is 5. The minimum Gasteiger partial charge on any atom is -0.463 e. The first kappa shape index (κ1) is 126. The Morgan fingerprint density at radius 1 is 0.348 bits per heavy atom. The monoisotopic (exact) mass is 2060 g/mol. The summed E-state index contributed by atoms with van der Waals surface area (Å²) in [5, 5.41) is 21.5. The molecule has 3 saturated heterocycles. The molecule has 0 radical (unpaired) electrons. The minimum atomic E-state index is -4.71. The van der Waals surface area contributed by atoms with Crippen LogP contribution in [0.5, 0.6) is 0 Å². The van der Waals surface area contributed by atoms with Crippen LogP contribution >= 0.6 is 46.7 Å². The molecule has 0 spiro atoms. The van der Waals surface area contributed by atoms with Gasteiger partial charge in [0.1, 0.15) is 19.8 Å². The molecular weight excluding hydrogens is 1900 g/mol. The average Bonchev–Trinajstić information content (AvgIpc) is 0.813. The standard InChI is InChI=1S/C85H159N3O41P6/c1-15-114-134(101,122-48-28-35-86)125-57-77(55-103-37-30-50-115-130(14,93)94)56-104-38-31-54-124-135(102,123-49-29-36-87)126-64-85(61-105-39-32-51-119-131(95,96)116-45-25-19-16-22-42-108-82-71(8)65(2)67(4)78(127-82)58-111-74(11)90,62-106-40-33-52-120-132(97,98)117-46-26-20-17-23-43-109-83-72(9)66(3)68(5)79(128-83)59-112-75(12)91)63-107-41-34-53-121-133(99,100)118-47-27-21-18-24-44-110-84-81(88-73(10)89)70(7)69(6)80(129-84)60-113-76(13)92/h65-72,77-84H,15-34,37-64H2,1-14H3,(H,88,89)(H,93,94)(H,95,96)(H,97,98)(H,99,100)/t65-,66-,67+,68+,69+,70-,71?,72?,77?,78?,79?,80?,81?,82+,83+,84+,85?,134?,135?/m0/s1. The number of nitrogens with zero attached hydrogens (tertiary/aromatic N) is 2. The van der Waals surface area contributed by atoms with Crippen LogP contribution < -0.4 is 5.32 Å². The van der Waals surface area contributed by atoms with Gasteiger partial charge in [0.25, 0.3) is 0 Å². The fourth-order valence-corrected chi connectivity index (χ4v) is 19.5. The Morgan fingerprint density at radius 3 is 1.01 bits per heavy atom. The summed E-state index contributed by atoms with van der Waals surface area (Å²) in [4.78, 5) is 88.4. The number of esters is 3. The second-order valence-electron chi connectivity index (χ2n) is 34.2. The van der Waals surface area contributed by atoms with Crippen LogP contribution in [0.3, 0.4) is 0 Å². The maximum Gasteiger partial charge on any atom is 0.474 e. The fourth-order valence-electron chi connectivity index (χ4n) is 14.0. The number of carbonyl (C=O) groups excluding carboxylic acids is 4. The SMILES string of the molecule is CCOP(=O)(OCCC#N)OCC(COCCCOP(C)(=O)O)COCCCOP(=O)(OCCC#N)OCC(COCCCOP(=O)(O)OCCCCCCO[C@@H]1OC(COC(C)=O)[C@H](C)[C@H](C)C1C)(COCCCOP(=O)(O)OCCCCCCO[C@@H]1OC(COC(C)=O)[C@H](C)[C@H](C)C1C)COCCCOP(=O)(O)OCCCCCCO[C@@H]1OC(COC(C)=O)[C@H](C)[C@H](C)C1NC(C)=O. The number of amides is 1. The van der Waals surface area contributed by atoms with Gasteiger partial charge >= 0.3 is 64.6 Å². The van der Waals surface area contributed by atoms with Crippen molar-refractivity contribution in [3.05, 3.63) is 0 Å². The number of hydrogen-bond acceptors (Lipinski definition) is 39. The Hall–Kier alpha value is -2.88. The van der Waals surface area contributed by atoms with E-state index in [9.17, 15) is 71.4 Å². The molecule has 0 aromatic heterocycles. The average molecular weight is 2070 g/mol. The Bertz CT molecular complexity index is 3520. The van der Waals surface area contributed by atoms with E-state index in [4.69, 9.17) is 130 Å². The van der Waals surface area contributed by atoms with E-state index in [0.29, 0.717) is 90.3 Å². The molecule has 1 amide bonds. The van der Waals surface area contributed by atoms with Crippen LogP contribution in [-0.4, -0.2) is 285 Å². The van der Waals surface area contributed by atoms with Gasteiger partial charge in [0.2, 0.25) is 5.91 Å². The molecule has 790 valence electrons. The summed E-state index contributed by atoms with van der Waals surface area (Å²) >= 11 is 0. The van der Waals surface area contributed by atoms with E-state index in [-0.39, 0.29) is 276 Å². The number of carbonyl (C=O) groups is 4. The van der Waals surface area contributed by atoms with E-state index in [1.165, 1.54) is 27.7 Å². The van der Waals surface area contributed by atoms with E-state index in [0.717, 1.165) is 6.66 Å². The number of unbranched alkanes of at least 4 members (excludes halogenated alkanes) is 9. The molecule has 13 unspecified atom stereocenters. The first-order valence-corrected chi connectivity index (χ1v) is 56.5. The van der Waals surface area contributed by atoms with Gasteiger partial charge in [-0.2, -0.15) is 10.5 Å². The third-order valence-electron chi connectivity index (χ3n) is 22.7. The van der Waals surface area contributed by atoms with Crippen LogP contribution in [0.2, 0.25) is 0 Å². The molecule has 3 fully saturated rings. The van der Waals surface area contributed by atoms with Gasteiger partial charge in [-0.05, 0) is 113 Å². The molecule has 0 bridgehead atoms. The molecule has 0 aromatic carbocycles. The maximum atomic E-state index is 14.8. The van der Waals surface area contributed by atoms with E-state index in [1.807, 2.05) is 26.0 Å². The largest absolute Gasteiger partial charge is 0.474 e. The lowest BCUT2D eigenvalue weighted by molar-refractivity contribution is -0.255. The second-order valence-corrected chi connectivity index (χ2v) is 43.7. The molecule has 3 heterocycles. The normalized spacial score (nSPS) is 25.4. The maximum absolute atomic E-state index is 14.8. The number of ether oxygens (including phenoxy) is 14. The van der Waals surface area contributed by atoms with Crippen molar-refractivity contribution in [3.63, 3.8) is 0 Å². The van der Waals surface area contributed by atoms with Crippen LogP contribution in [0.4, 0.5) is 0 Å². The van der Waals surface area contributed by atoms with Crippen molar-refractivity contribution >= 4 is 70.5 Å². The van der Waals surface area contributed by atoms with Crippen LogP contribution in [0, 0.1) is 81.3 Å². The molecule has 0 saturated carbocycles. The van der Waals surface area contributed by atoms with E-state index in [1.54, 1.807) is 6.92 Å². The quantitative estimate of drug-likeness (QED) is 0.0163. The van der Waals surface area contributed by atoms with Gasteiger partial charge in [-0.25, -0.2) is 22.8 Å². The molecule has 3 rings (SSSR count). The summed E-state index contributed by atoms with van der Waals surface area (Å²) in [5.41, 5.74) is -1.52. The summed E-state index contributed by atoms with van der Waals surface area (Å²) in [7, 11) is -26.4. The summed E-state index contributed by atoms with van der Waals surface area (Å²) < 4.78 is 233. The lowest BCUT2D eigenvalue weighted by Crippen LogP contribution is -2.58. The van der Waals surface area contributed by atoms with Crippen molar-refractivity contribution in [3.8, 4) is 12.1 Å². The van der Waals surface area contributed by atoms with Crippen LogP contribution in [0.25, 0.3) is 0 Å². The zero-order valence-electron chi connectivity index (χ0n) is 81.7. The highest BCUT2D eigenvalue weighted by molar-refractivity contribution is 7.52. The zero-order chi connectivity index (χ0) is 100. The van der Waals surface area contributed by atoms with Crippen molar-refractivity contribution in [1.82, 2.24) is 5.32 Å². The predicted molar refractivity (Wildman–Crippen MR) is 487 cm³/mol. The Labute approximate surface area is 798 Å². The predicted octanol–water partition coefficient (Wildman–Crippen LogP) is 14.2. The number of nitrogens with one attached hydrogen (secondary N) is 1. The fraction of sp³-hybridized carbons (Fsp3) is 0.929. The second kappa shape index (κ2) is 70.8. The van der Waals surface area contributed by atoms with Gasteiger partial charge < -0.3 is 95.7 Å². The molecule has 0 aliphatic carbocycles. The third-order valence-corrected chi connectivity index (χ3v) is 29.3. The summed E-state index contributed by atoms with van der Waals surface area (Å²) in [6, 6.07) is 3.35. The van der Waals surface area contributed by atoms with Crippen molar-refractivity contribution in [2.24, 2.45) is 58.7 Å².